The second-order valence-corrected chi connectivity index (χ2v) is 3.46. The third-order valence-electron chi connectivity index (χ3n) is 2.11. The standard InChI is InChI=1S/C11H14FNO4/c1-2-17-11(16)10(15)9(14)6-3-7(12)5-8(13)4-6/h3-5,9-10,14-15H,2,13H2,1H3. The van der Waals surface area contributed by atoms with Crippen molar-refractivity contribution in [3.63, 3.8) is 0 Å². The van der Waals surface area contributed by atoms with Crippen molar-refractivity contribution in [1.29, 1.82) is 0 Å². The van der Waals surface area contributed by atoms with Gasteiger partial charge in [-0.3, -0.25) is 0 Å². The molecule has 0 aliphatic rings. The Morgan fingerprint density at radius 1 is 1.47 bits per heavy atom. The molecule has 0 spiro atoms. The molecule has 1 rings (SSSR count). The maximum absolute atomic E-state index is 13.0. The summed E-state index contributed by atoms with van der Waals surface area (Å²) >= 11 is 0. The number of nitrogens with two attached hydrogens (primary N) is 1. The molecule has 0 saturated carbocycles. The van der Waals surface area contributed by atoms with Crippen molar-refractivity contribution in [1.82, 2.24) is 0 Å². The maximum atomic E-state index is 13.0. The van der Waals surface area contributed by atoms with Gasteiger partial charge in [0.25, 0.3) is 0 Å². The Morgan fingerprint density at radius 2 is 2.12 bits per heavy atom. The van der Waals surface area contributed by atoms with Gasteiger partial charge in [-0.05, 0) is 30.7 Å². The van der Waals surface area contributed by atoms with Gasteiger partial charge >= 0.3 is 5.97 Å². The summed E-state index contributed by atoms with van der Waals surface area (Å²) in [6.07, 6.45) is -3.34. The number of hydrogen-bond acceptors (Lipinski definition) is 5. The van der Waals surface area contributed by atoms with E-state index in [9.17, 15) is 19.4 Å². The normalized spacial score (nSPS) is 14.1. The van der Waals surface area contributed by atoms with Crippen LogP contribution in [-0.2, 0) is 9.53 Å². The van der Waals surface area contributed by atoms with Gasteiger partial charge in [0.2, 0.25) is 0 Å². The predicted octanol–water partition coefficient (Wildman–Crippen LogP) is 0.365. The van der Waals surface area contributed by atoms with Gasteiger partial charge in [0.1, 0.15) is 11.9 Å². The van der Waals surface area contributed by atoms with Gasteiger partial charge in [0.15, 0.2) is 6.10 Å². The summed E-state index contributed by atoms with van der Waals surface area (Å²) in [5, 5.41) is 19.1. The Hall–Kier alpha value is -1.66. The summed E-state index contributed by atoms with van der Waals surface area (Å²) in [7, 11) is 0. The highest BCUT2D eigenvalue weighted by molar-refractivity contribution is 5.75. The number of esters is 1. The number of hydrogen-bond donors (Lipinski definition) is 3. The molecule has 17 heavy (non-hydrogen) atoms. The van der Waals surface area contributed by atoms with Crippen molar-refractivity contribution in [3.05, 3.63) is 29.6 Å². The zero-order valence-electron chi connectivity index (χ0n) is 9.26. The van der Waals surface area contributed by atoms with Crippen LogP contribution in [0.1, 0.15) is 18.6 Å². The molecule has 2 atom stereocenters. The highest BCUT2D eigenvalue weighted by Gasteiger charge is 2.27. The van der Waals surface area contributed by atoms with Gasteiger partial charge in [0, 0.05) is 5.69 Å². The third kappa shape index (κ3) is 3.40. The number of ether oxygens (including phenoxy) is 1. The van der Waals surface area contributed by atoms with E-state index in [0.717, 1.165) is 12.1 Å². The number of halogens is 1. The second-order valence-electron chi connectivity index (χ2n) is 3.46. The zero-order chi connectivity index (χ0) is 13.0. The van der Waals surface area contributed by atoms with Crippen LogP contribution in [0, 0.1) is 5.82 Å². The molecule has 0 aliphatic heterocycles. The molecule has 4 N–H and O–H groups in total. The number of nitrogen functional groups attached to an aromatic ring is 1. The zero-order valence-corrected chi connectivity index (χ0v) is 9.26. The number of anilines is 1. The summed E-state index contributed by atoms with van der Waals surface area (Å²) < 4.78 is 17.5. The molecule has 0 aromatic heterocycles. The minimum absolute atomic E-state index is 0.0167. The molecule has 0 bridgehead atoms. The summed E-state index contributed by atoms with van der Waals surface area (Å²) in [5.74, 6) is -1.63. The minimum atomic E-state index is -1.77. The molecule has 94 valence electrons. The van der Waals surface area contributed by atoms with E-state index in [0.29, 0.717) is 0 Å². The summed E-state index contributed by atoms with van der Waals surface area (Å²) in [6.45, 7) is 1.64. The largest absolute Gasteiger partial charge is 0.464 e. The van der Waals surface area contributed by atoms with Crippen LogP contribution in [0.15, 0.2) is 18.2 Å². The van der Waals surface area contributed by atoms with Gasteiger partial charge in [0.05, 0.1) is 6.61 Å². The SMILES string of the molecule is CCOC(=O)C(O)C(O)c1cc(N)cc(F)c1. The first-order valence-electron chi connectivity index (χ1n) is 5.04. The second kappa shape index (κ2) is 5.60. The first kappa shape index (κ1) is 13.4. The fourth-order valence-electron chi connectivity index (χ4n) is 1.35. The van der Waals surface area contributed by atoms with Gasteiger partial charge < -0.3 is 20.7 Å². The van der Waals surface area contributed by atoms with Crippen LogP contribution < -0.4 is 5.73 Å². The number of rotatable bonds is 4. The Bertz CT molecular complexity index is 390. The number of aliphatic hydroxyl groups is 2. The van der Waals surface area contributed by atoms with E-state index in [1.807, 2.05) is 0 Å². The van der Waals surface area contributed by atoms with E-state index >= 15 is 0 Å². The molecule has 0 amide bonds. The van der Waals surface area contributed by atoms with Crippen molar-refractivity contribution < 1.29 is 24.1 Å². The van der Waals surface area contributed by atoms with Crippen molar-refractivity contribution in [2.75, 3.05) is 12.3 Å². The van der Waals surface area contributed by atoms with Crippen molar-refractivity contribution in [2.24, 2.45) is 0 Å². The molecular formula is C11H14FNO4. The molecule has 0 radical (unpaired) electrons. The van der Waals surface area contributed by atoms with E-state index in [1.54, 1.807) is 6.92 Å². The highest BCUT2D eigenvalue weighted by Crippen LogP contribution is 2.21. The van der Waals surface area contributed by atoms with Gasteiger partial charge in [-0.15, -0.1) is 0 Å². The number of carbonyl (C=O) groups is 1. The van der Waals surface area contributed by atoms with E-state index in [4.69, 9.17) is 5.73 Å². The Balaban J connectivity index is 2.87. The summed E-state index contributed by atoms with van der Waals surface area (Å²) in [5.41, 5.74) is 5.49. The van der Waals surface area contributed by atoms with Gasteiger partial charge in [-0.2, -0.15) is 0 Å². The van der Waals surface area contributed by atoms with Gasteiger partial charge in [-0.1, -0.05) is 0 Å². The molecule has 0 fully saturated rings. The van der Waals surface area contributed by atoms with Crippen molar-refractivity contribution in [2.45, 2.75) is 19.1 Å². The van der Waals surface area contributed by atoms with Crippen LogP contribution in [0.25, 0.3) is 0 Å². The first-order chi connectivity index (χ1) is 7.95. The first-order valence-corrected chi connectivity index (χ1v) is 5.04. The van der Waals surface area contributed by atoms with Crippen LogP contribution in [0.2, 0.25) is 0 Å². The van der Waals surface area contributed by atoms with E-state index in [2.05, 4.69) is 4.74 Å². The van der Waals surface area contributed by atoms with Crippen LogP contribution in [0.3, 0.4) is 0 Å². The van der Waals surface area contributed by atoms with E-state index in [1.165, 1.54) is 6.07 Å². The smallest absolute Gasteiger partial charge is 0.338 e. The number of carbonyl (C=O) groups excluding carboxylic acids is 1. The number of benzene rings is 1. The average molecular weight is 243 g/mol. The minimum Gasteiger partial charge on any atom is -0.464 e. The highest BCUT2D eigenvalue weighted by atomic mass is 19.1. The van der Waals surface area contributed by atoms with E-state index in [-0.39, 0.29) is 17.9 Å². The number of aliphatic hydroxyl groups excluding tert-OH is 2. The monoisotopic (exact) mass is 243 g/mol. The average Bonchev–Trinajstić information content (AvgIpc) is 2.26. The van der Waals surface area contributed by atoms with Crippen molar-refractivity contribution in [3.8, 4) is 0 Å². The Morgan fingerprint density at radius 3 is 2.65 bits per heavy atom. The molecule has 0 aliphatic carbocycles. The topological polar surface area (TPSA) is 92.8 Å². The van der Waals surface area contributed by atoms with Gasteiger partial charge in [-0.25, -0.2) is 9.18 Å². The molecule has 0 heterocycles. The van der Waals surface area contributed by atoms with E-state index < -0.39 is 24.0 Å². The predicted molar refractivity (Wildman–Crippen MR) is 58.4 cm³/mol. The Kier molecular flexibility index (Phi) is 4.42. The third-order valence-corrected chi connectivity index (χ3v) is 2.11. The molecule has 6 heteroatoms. The summed E-state index contributed by atoms with van der Waals surface area (Å²) in [4.78, 5) is 11.2. The molecule has 0 saturated heterocycles. The van der Waals surface area contributed by atoms with Crippen LogP contribution in [0.5, 0.6) is 0 Å². The molecule has 2 unspecified atom stereocenters. The molecule has 5 nitrogen and oxygen atoms in total. The fraction of sp³-hybridized carbons (Fsp3) is 0.364. The van der Waals surface area contributed by atoms with Crippen molar-refractivity contribution >= 4 is 11.7 Å². The van der Waals surface area contributed by atoms with Crippen LogP contribution in [0.4, 0.5) is 10.1 Å². The maximum Gasteiger partial charge on any atom is 0.338 e. The van der Waals surface area contributed by atoms with Crippen LogP contribution in [-0.4, -0.2) is 28.9 Å². The lowest BCUT2D eigenvalue weighted by Crippen LogP contribution is -2.30. The summed E-state index contributed by atoms with van der Waals surface area (Å²) in [6, 6.07) is 3.33. The Labute approximate surface area is 97.6 Å². The lowest BCUT2D eigenvalue weighted by molar-refractivity contribution is -0.159. The fourth-order valence-corrected chi connectivity index (χ4v) is 1.35. The van der Waals surface area contributed by atoms with Crippen LogP contribution >= 0.6 is 0 Å². The lowest BCUT2D eigenvalue weighted by atomic mass is 10.0. The molecular weight excluding hydrogens is 229 g/mol. The quantitative estimate of drug-likeness (QED) is 0.524. The molecule has 1 aromatic rings. The molecule has 1 aromatic carbocycles. The lowest BCUT2D eigenvalue weighted by Gasteiger charge is -2.17.